The molecule has 0 N–H and O–H groups in total. The molecule has 0 aromatic heterocycles. The van der Waals surface area contributed by atoms with E-state index in [1.54, 1.807) is 0 Å². The first kappa shape index (κ1) is 12.2. The Labute approximate surface area is 104 Å². The molecule has 1 aliphatic rings. The molecule has 2 heteroatoms. The Morgan fingerprint density at radius 3 is 2.41 bits per heavy atom. The third-order valence-corrected chi connectivity index (χ3v) is 3.52. The van der Waals surface area contributed by atoms with Gasteiger partial charge >= 0.3 is 0 Å². The normalized spacial score (nSPS) is 16.6. The lowest BCUT2D eigenvalue weighted by Gasteiger charge is -2.21. The minimum atomic E-state index is 0.226. The van der Waals surface area contributed by atoms with Crippen LogP contribution in [0.1, 0.15) is 48.5 Å². The van der Waals surface area contributed by atoms with E-state index in [0.29, 0.717) is 0 Å². The van der Waals surface area contributed by atoms with Gasteiger partial charge in [-0.25, -0.2) is 0 Å². The maximum Gasteiger partial charge on any atom is 0.254 e. The van der Waals surface area contributed by atoms with E-state index in [1.165, 1.54) is 18.4 Å². The monoisotopic (exact) mass is 231 g/mol. The second-order valence-corrected chi connectivity index (χ2v) is 4.72. The Morgan fingerprint density at radius 1 is 1.12 bits per heavy atom. The van der Waals surface area contributed by atoms with Crippen molar-refractivity contribution in [3.05, 3.63) is 35.4 Å². The molecule has 0 atom stereocenters. The van der Waals surface area contributed by atoms with Crippen LogP contribution < -0.4 is 0 Å². The van der Waals surface area contributed by atoms with Crippen LogP contribution in [0.2, 0.25) is 0 Å². The highest BCUT2D eigenvalue weighted by Gasteiger charge is 2.18. The number of carbonyl (C=O) groups excluding carboxylic acids is 1. The second-order valence-electron chi connectivity index (χ2n) is 4.72. The summed E-state index contributed by atoms with van der Waals surface area (Å²) in [7, 11) is 0. The van der Waals surface area contributed by atoms with Gasteiger partial charge in [-0.3, -0.25) is 4.79 Å². The standard InChI is InChI=1S/C15H21NO/c1-2-13-9-5-6-10-14(13)15(17)16-11-7-3-4-8-12-16/h5-6,9-10H,2-4,7-8,11-12H2,1H3. The van der Waals surface area contributed by atoms with Gasteiger partial charge in [0, 0.05) is 18.7 Å². The average Bonchev–Trinajstić information content (AvgIpc) is 2.66. The van der Waals surface area contributed by atoms with Crippen molar-refractivity contribution >= 4 is 5.91 Å². The number of likely N-dealkylation sites (tertiary alicyclic amines) is 1. The van der Waals surface area contributed by atoms with Gasteiger partial charge in [-0.05, 0) is 30.9 Å². The van der Waals surface area contributed by atoms with Crippen LogP contribution in [0.25, 0.3) is 0 Å². The maximum atomic E-state index is 12.5. The van der Waals surface area contributed by atoms with Crippen LogP contribution >= 0.6 is 0 Å². The van der Waals surface area contributed by atoms with Crippen molar-refractivity contribution in [2.24, 2.45) is 0 Å². The molecular formula is C15H21NO. The molecule has 1 amide bonds. The lowest BCUT2D eigenvalue weighted by Crippen LogP contribution is -2.32. The van der Waals surface area contributed by atoms with Crippen LogP contribution in [-0.2, 0) is 6.42 Å². The van der Waals surface area contributed by atoms with Crippen molar-refractivity contribution in [1.29, 1.82) is 0 Å². The van der Waals surface area contributed by atoms with Crippen molar-refractivity contribution in [3.8, 4) is 0 Å². The van der Waals surface area contributed by atoms with Crippen LogP contribution in [0.3, 0.4) is 0 Å². The molecule has 0 saturated carbocycles. The van der Waals surface area contributed by atoms with Crippen molar-refractivity contribution in [3.63, 3.8) is 0 Å². The van der Waals surface area contributed by atoms with E-state index in [1.807, 2.05) is 23.1 Å². The first-order valence-electron chi connectivity index (χ1n) is 6.70. The van der Waals surface area contributed by atoms with Crippen LogP contribution in [0.15, 0.2) is 24.3 Å². The lowest BCUT2D eigenvalue weighted by atomic mass is 10.0. The van der Waals surface area contributed by atoms with Crippen molar-refractivity contribution in [2.45, 2.75) is 39.0 Å². The molecule has 2 rings (SSSR count). The summed E-state index contributed by atoms with van der Waals surface area (Å²) >= 11 is 0. The molecule has 17 heavy (non-hydrogen) atoms. The molecule has 1 aromatic carbocycles. The predicted octanol–water partition coefficient (Wildman–Crippen LogP) is 3.27. The zero-order valence-corrected chi connectivity index (χ0v) is 10.6. The molecule has 92 valence electrons. The summed E-state index contributed by atoms with van der Waals surface area (Å²) in [5, 5.41) is 0. The Kier molecular flexibility index (Phi) is 4.18. The average molecular weight is 231 g/mol. The summed E-state index contributed by atoms with van der Waals surface area (Å²) in [6.07, 6.45) is 5.76. The smallest absolute Gasteiger partial charge is 0.254 e. The van der Waals surface area contributed by atoms with Crippen molar-refractivity contribution in [2.75, 3.05) is 13.1 Å². The summed E-state index contributed by atoms with van der Waals surface area (Å²) in [6.45, 7) is 3.96. The van der Waals surface area contributed by atoms with Crippen LogP contribution in [-0.4, -0.2) is 23.9 Å². The zero-order chi connectivity index (χ0) is 12.1. The van der Waals surface area contributed by atoms with E-state index >= 15 is 0 Å². The summed E-state index contributed by atoms with van der Waals surface area (Å²) in [5.74, 6) is 0.226. The van der Waals surface area contributed by atoms with Gasteiger partial charge < -0.3 is 4.90 Å². The Hall–Kier alpha value is -1.31. The number of nitrogens with zero attached hydrogens (tertiary/aromatic N) is 1. The van der Waals surface area contributed by atoms with Gasteiger partial charge in [0.2, 0.25) is 0 Å². The van der Waals surface area contributed by atoms with Crippen LogP contribution in [0.5, 0.6) is 0 Å². The first-order valence-corrected chi connectivity index (χ1v) is 6.70. The molecule has 0 bridgehead atoms. The number of amides is 1. The van der Waals surface area contributed by atoms with Gasteiger partial charge in [-0.1, -0.05) is 38.0 Å². The highest BCUT2D eigenvalue weighted by molar-refractivity contribution is 5.95. The number of aryl methyl sites for hydroxylation is 1. The predicted molar refractivity (Wildman–Crippen MR) is 70.2 cm³/mol. The molecule has 1 heterocycles. The van der Waals surface area contributed by atoms with Gasteiger partial charge in [0.25, 0.3) is 5.91 Å². The molecule has 2 nitrogen and oxygen atoms in total. The lowest BCUT2D eigenvalue weighted by molar-refractivity contribution is 0.0760. The highest BCUT2D eigenvalue weighted by Crippen LogP contribution is 2.16. The molecule has 0 unspecified atom stereocenters. The number of benzene rings is 1. The largest absolute Gasteiger partial charge is 0.339 e. The number of rotatable bonds is 2. The van der Waals surface area contributed by atoms with Crippen LogP contribution in [0, 0.1) is 0 Å². The molecule has 1 fully saturated rings. The fourth-order valence-corrected chi connectivity index (χ4v) is 2.48. The van der Waals surface area contributed by atoms with Crippen molar-refractivity contribution in [1.82, 2.24) is 4.90 Å². The maximum absolute atomic E-state index is 12.5. The highest BCUT2D eigenvalue weighted by atomic mass is 16.2. The van der Waals surface area contributed by atoms with E-state index < -0.39 is 0 Å². The third kappa shape index (κ3) is 2.87. The number of carbonyl (C=O) groups is 1. The Balaban J connectivity index is 2.17. The summed E-state index contributed by atoms with van der Waals surface area (Å²) in [5.41, 5.74) is 2.07. The Morgan fingerprint density at radius 2 is 1.76 bits per heavy atom. The Bertz CT molecular complexity index is 378. The van der Waals surface area contributed by atoms with E-state index in [0.717, 1.165) is 37.9 Å². The zero-order valence-electron chi connectivity index (χ0n) is 10.6. The first-order chi connectivity index (χ1) is 8.33. The van der Waals surface area contributed by atoms with Gasteiger partial charge in [0.1, 0.15) is 0 Å². The summed E-state index contributed by atoms with van der Waals surface area (Å²) in [4.78, 5) is 14.5. The minimum Gasteiger partial charge on any atom is -0.339 e. The number of hydrogen-bond donors (Lipinski definition) is 0. The minimum absolute atomic E-state index is 0.226. The van der Waals surface area contributed by atoms with Gasteiger partial charge in [0.05, 0.1) is 0 Å². The van der Waals surface area contributed by atoms with E-state index in [2.05, 4.69) is 13.0 Å². The van der Waals surface area contributed by atoms with E-state index in [9.17, 15) is 4.79 Å². The molecule has 1 aromatic rings. The SMILES string of the molecule is CCc1ccccc1C(=O)N1CCCCCC1. The molecule has 0 aliphatic carbocycles. The summed E-state index contributed by atoms with van der Waals surface area (Å²) < 4.78 is 0. The molecule has 1 saturated heterocycles. The van der Waals surface area contributed by atoms with Gasteiger partial charge in [-0.2, -0.15) is 0 Å². The third-order valence-electron chi connectivity index (χ3n) is 3.52. The quantitative estimate of drug-likeness (QED) is 0.765. The van der Waals surface area contributed by atoms with Crippen LogP contribution in [0.4, 0.5) is 0 Å². The molecule has 0 radical (unpaired) electrons. The second kappa shape index (κ2) is 5.85. The number of hydrogen-bond acceptors (Lipinski definition) is 1. The fraction of sp³-hybridized carbons (Fsp3) is 0.533. The van der Waals surface area contributed by atoms with Crippen molar-refractivity contribution < 1.29 is 4.79 Å². The van der Waals surface area contributed by atoms with E-state index in [4.69, 9.17) is 0 Å². The van der Waals surface area contributed by atoms with Gasteiger partial charge in [-0.15, -0.1) is 0 Å². The fourth-order valence-electron chi connectivity index (χ4n) is 2.48. The topological polar surface area (TPSA) is 20.3 Å². The molecule has 0 spiro atoms. The van der Waals surface area contributed by atoms with E-state index in [-0.39, 0.29) is 5.91 Å². The van der Waals surface area contributed by atoms with Gasteiger partial charge in [0.15, 0.2) is 0 Å². The molecule has 1 aliphatic heterocycles. The summed E-state index contributed by atoms with van der Waals surface area (Å²) in [6, 6.07) is 8.00. The molecular weight excluding hydrogens is 210 g/mol.